The van der Waals surface area contributed by atoms with Gasteiger partial charge in [-0.05, 0) is 62.0 Å². The van der Waals surface area contributed by atoms with Crippen LogP contribution >= 0.6 is 0 Å². The first-order valence-electron chi connectivity index (χ1n) is 14.3. The Morgan fingerprint density at radius 2 is 1.91 bits per heavy atom. The second-order valence-corrected chi connectivity index (χ2v) is 11.2. The summed E-state index contributed by atoms with van der Waals surface area (Å²) < 4.78 is 20.4. The molecule has 0 saturated carbocycles. The highest BCUT2D eigenvalue weighted by Gasteiger charge is 2.18. The second kappa shape index (κ2) is 12.2. The Hall–Kier alpha value is -5.23. The molecule has 0 spiro atoms. The summed E-state index contributed by atoms with van der Waals surface area (Å²) in [6.07, 6.45) is 5.38. The topological polar surface area (TPSA) is 138 Å². The van der Waals surface area contributed by atoms with Gasteiger partial charge < -0.3 is 19.9 Å². The fourth-order valence-electron chi connectivity index (χ4n) is 4.86. The van der Waals surface area contributed by atoms with E-state index in [-0.39, 0.29) is 11.8 Å². The number of H-pyrrole nitrogens is 2. The van der Waals surface area contributed by atoms with Crippen molar-refractivity contribution in [1.29, 1.82) is 0 Å². The normalized spacial score (nSPS) is 11.6. The van der Waals surface area contributed by atoms with Crippen LogP contribution in [0.1, 0.15) is 20.3 Å². The fourth-order valence-corrected chi connectivity index (χ4v) is 4.86. The Kier molecular flexibility index (Phi) is 7.99. The number of nitrogens with one attached hydrogen (secondary N) is 3. The van der Waals surface area contributed by atoms with Crippen molar-refractivity contribution >= 4 is 33.8 Å². The Morgan fingerprint density at radius 3 is 2.73 bits per heavy atom. The molecule has 12 heteroatoms. The van der Waals surface area contributed by atoms with Crippen LogP contribution < -0.4 is 10.1 Å². The molecule has 0 saturated heterocycles. The van der Waals surface area contributed by atoms with Crippen molar-refractivity contribution in [3.63, 3.8) is 0 Å². The number of anilines is 1. The summed E-state index contributed by atoms with van der Waals surface area (Å²) in [7, 11) is 3.90. The molecule has 6 aromatic rings. The zero-order valence-electron chi connectivity index (χ0n) is 24.8. The molecular formula is C32H32FN9O2. The number of amides is 1. The summed E-state index contributed by atoms with van der Waals surface area (Å²) in [4.78, 5) is 36.0. The molecule has 0 bridgehead atoms. The third-order valence-electron chi connectivity index (χ3n) is 6.92. The average Bonchev–Trinajstić information content (AvgIpc) is 3.60. The van der Waals surface area contributed by atoms with Crippen molar-refractivity contribution in [2.75, 3.05) is 32.6 Å². The quantitative estimate of drug-likeness (QED) is 0.184. The van der Waals surface area contributed by atoms with Gasteiger partial charge in [0.2, 0.25) is 5.91 Å². The van der Waals surface area contributed by atoms with Crippen LogP contribution in [0, 0.1) is 11.7 Å². The third kappa shape index (κ3) is 6.25. The first kappa shape index (κ1) is 28.9. The fraction of sp³-hybridized carbons (Fsp3) is 0.250. The zero-order chi connectivity index (χ0) is 30.8. The second-order valence-electron chi connectivity index (χ2n) is 11.2. The molecule has 0 atom stereocenters. The lowest BCUT2D eigenvalue weighted by Gasteiger charge is -2.12. The van der Waals surface area contributed by atoms with Crippen LogP contribution in [0.5, 0.6) is 5.75 Å². The largest absolute Gasteiger partial charge is 0.492 e. The van der Waals surface area contributed by atoms with Crippen molar-refractivity contribution in [3.8, 4) is 39.7 Å². The summed E-state index contributed by atoms with van der Waals surface area (Å²) >= 11 is 0. The smallest absolute Gasteiger partial charge is 0.224 e. The van der Waals surface area contributed by atoms with Gasteiger partial charge in [0.15, 0.2) is 17.2 Å². The maximum absolute atomic E-state index is 14.6. The Labute approximate surface area is 252 Å². The highest BCUT2D eigenvalue weighted by atomic mass is 19.1. The molecule has 0 aliphatic rings. The Bertz CT molecular complexity index is 1960. The third-order valence-corrected chi connectivity index (χ3v) is 6.92. The maximum atomic E-state index is 14.6. The number of fused-ring (bicyclic) bond motifs is 2. The standard InChI is InChI=1S/C32H32FN9O2/c1-18(2)11-27(43)36-22-13-20(16-34-17-22)25-5-6-26-29(37-25)30(41-40-26)32-38-28-24(7-8-35-31(28)39-32)19-12-21(33)15-23(14-19)44-10-9-42(3)4/h5-8,12-18H,9-11H2,1-4H3,(H,36,43)(H,40,41)(H,35,38,39). The van der Waals surface area contributed by atoms with Gasteiger partial charge in [-0.2, -0.15) is 5.10 Å². The Morgan fingerprint density at radius 1 is 1.05 bits per heavy atom. The van der Waals surface area contributed by atoms with Crippen LogP contribution in [-0.4, -0.2) is 73.2 Å². The van der Waals surface area contributed by atoms with Crippen LogP contribution in [0.2, 0.25) is 0 Å². The van der Waals surface area contributed by atoms with E-state index >= 15 is 0 Å². The van der Waals surface area contributed by atoms with E-state index in [1.165, 1.54) is 12.1 Å². The van der Waals surface area contributed by atoms with E-state index < -0.39 is 5.82 Å². The predicted molar refractivity (Wildman–Crippen MR) is 168 cm³/mol. The predicted octanol–water partition coefficient (Wildman–Crippen LogP) is 5.69. The van der Waals surface area contributed by atoms with Crippen LogP contribution in [0.4, 0.5) is 10.1 Å². The van der Waals surface area contributed by atoms with Crippen molar-refractivity contribution in [2.24, 2.45) is 5.92 Å². The molecule has 5 heterocycles. The number of rotatable bonds is 10. The van der Waals surface area contributed by atoms with Crippen LogP contribution in [0.15, 0.2) is 61.1 Å². The lowest BCUT2D eigenvalue weighted by molar-refractivity contribution is -0.116. The number of halogens is 1. The molecule has 0 radical (unpaired) electrons. The SMILES string of the molecule is CC(C)CC(=O)Nc1cncc(-c2ccc3[nH]nc(-c4nc5c(-c6cc(F)cc(OCCN(C)C)c6)ccnc5[nH]4)c3n2)c1. The highest BCUT2D eigenvalue weighted by Crippen LogP contribution is 2.33. The van der Waals surface area contributed by atoms with Crippen molar-refractivity contribution < 1.29 is 13.9 Å². The highest BCUT2D eigenvalue weighted by molar-refractivity contribution is 5.95. The van der Waals surface area contributed by atoms with Crippen LogP contribution in [0.3, 0.4) is 0 Å². The van der Waals surface area contributed by atoms with Gasteiger partial charge in [0.25, 0.3) is 0 Å². The molecule has 224 valence electrons. The lowest BCUT2D eigenvalue weighted by atomic mass is 10.1. The summed E-state index contributed by atoms with van der Waals surface area (Å²) in [6, 6.07) is 12.0. The molecule has 0 unspecified atom stereocenters. The summed E-state index contributed by atoms with van der Waals surface area (Å²) in [6.45, 7) is 5.13. The van der Waals surface area contributed by atoms with Crippen LogP contribution in [0.25, 0.3) is 56.1 Å². The summed E-state index contributed by atoms with van der Waals surface area (Å²) in [5.41, 5.74) is 6.23. The summed E-state index contributed by atoms with van der Waals surface area (Å²) in [5, 5.41) is 10.4. The van der Waals surface area contributed by atoms with Gasteiger partial charge in [-0.1, -0.05) is 13.8 Å². The molecule has 0 aliphatic carbocycles. The molecule has 0 aliphatic heterocycles. The van der Waals surface area contributed by atoms with E-state index in [1.54, 1.807) is 30.7 Å². The number of carbonyl (C=O) groups excluding carboxylic acids is 1. The first-order valence-corrected chi connectivity index (χ1v) is 14.3. The molecule has 3 N–H and O–H groups in total. The molecule has 1 amide bonds. The van der Waals surface area contributed by atoms with Gasteiger partial charge in [-0.15, -0.1) is 0 Å². The Balaban J connectivity index is 1.33. The van der Waals surface area contributed by atoms with Gasteiger partial charge in [-0.3, -0.25) is 14.9 Å². The number of benzene rings is 1. The van der Waals surface area contributed by atoms with E-state index in [4.69, 9.17) is 14.7 Å². The molecular weight excluding hydrogens is 561 g/mol. The van der Waals surface area contributed by atoms with E-state index in [2.05, 4.69) is 30.5 Å². The van der Waals surface area contributed by atoms with Gasteiger partial charge in [-0.25, -0.2) is 19.3 Å². The monoisotopic (exact) mass is 593 g/mol. The van der Waals surface area contributed by atoms with Gasteiger partial charge in [0, 0.05) is 42.6 Å². The van der Waals surface area contributed by atoms with Crippen molar-refractivity contribution in [1.82, 2.24) is 40.0 Å². The number of ether oxygens (including phenoxy) is 1. The van der Waals surface area contributed by atoms with Crippen molar-refractivity contribution in [3.05, 3.63) is 66.9 Å². The number of aromatic amines is 2. The minimum atomic E-state index is -0.406. The van der Waals surface area contributed by atoms with Gasteiger partial charge in [0.05, 0.1) is 23.1 Å². The summed E-state index contributed by atoms with van der Waals surface area (Å²) in [5.74, 6) is 0.677. The van der Waals surface area contributed by atoms with Crippen molar-refractivity contribution in [2.45, 2.75) is 20.3 Å². The van der Waals surface area contributed by atoms with Crippen LogP contribution in [-0.2, 0) is 4.79 Å². The number of hydrogen-bond acceptors (Lipinski definition) is 8. The van der Waals surface area contributed by atoms with E-state index in [1.807, 2.05) is 51.0 Å². The molecule has 5 aromatic heterocycles. The van der Waals surface area contributed by atoms with Gasteiger partial charge in [0.1, 0.15) is 29.2 Å². The number of likely N-dealkylation sites (N-methyl/N-ethyl adjacent to an activating group) is 1. The molecule has 6 rings (SSSR count). The minimum absolute atomic E-state index is 0.0661. The minimum Gasteiger partial charge on any atom is -0.492 e. The lowest BCUT2D eigenvalue weighted by Crippen LogP contribution is -2.19. The molecule has 1 aromatic carbocycles. The number of pyridine rings is 3. The molecule has 0 fully saturated rings. The van der Waals surface area contributed by atoms with Gasteiger partial charge >= 0.3 is 0 Å². The van der Waals surface area contributed by atoms with E-state index in [0.29, 0.717) is 76.0 Å². The number of carbonyl (C=O) groups is 1. The zero-order valence-corrected chi connectivity index (χ0v) is 24.8. The number of aromatic nitrogens is 7. The molecule has 11 nitrogen and oxygen atoms in total. The number of nitrogens with zero attached hydrogens (tertiary/aromatic N) is 6. The number of hydrogen-bond donors (Lipinski definition) is 3. The maximum Gasteiger partial charge on any atom is 0.224 e. The van der Waals surface area contributed by atoms with E-state index in [0.717, 1.165) is 11.1 Å². The molecule has 44 heavy (non-hydrogen) atoms. The number of imidazole rings is 1. The average molecular weight is 594 g/mol. The first-order chi connectivity index (χ1) is 21.2. The van der Waals surface area contributed by atoms with E-state index in [9.17, 15) is 9.18 Å².